The first-order valence-electron chi connectivity index (χ1n) is 14.2. The van der Waals surface area contributed by atoms with Gasteiger partial charge in [0.1, 0.15) is 41.7 Å². The summed E-state index contributed by atoms with van der Waals surface area (Å²) in [6.07, 6.45) is -2.76. The van der Waals surface area contributed by atoms with Gasteiger partial charge in [0.05, 0.1) is 24.5 Å². The lowest BCUT2D eigenvalue weighted by Gasteiger charge is -2.34. The van der Waals surface area contributed by atoms with Crippen LogP contribution in [-0.2, 0) is 48.0 Å². The predicted molar refractivity (Wildman–Crippen MR) is 157 cm³/mol. The number of rotatable bonds is 13. The molecule has 3 heterocycles. The molecule has 0 bridgehead atoms. The Morgan fingerprint density at radius 2 is 1.69 bits per heavy atom. The van der Waals surface area contributed by atoms with Gasteiger partial charge in [-0.1, -0.05) is 0 Å². The molecule has 1 saturated heterocycles. The van der Waals surface area contributed by atoms with E-state index in [1.807, 2.05) is 6.07 Å². The monoisotopic (exact) mass is 653 g/mol. The molecule has 1 aliphatic rings. The maximum atomic E-state index is 14.1. The van der Waals surface area contributed by atoms with Crippen molar-refractivity contribution in [2.75, 3.05) is 12.3 Å². The second kappa shape index (κ2) is 13.8. The van der Waals surface area contributed by atoms with E-state index in [9.17, 15) is 29.3 Å². The van der Waals surface area contributed by atoms with Gasteiger partial charge >= 0.3 is 25.6 Å². The molecule has 2 aromatic heterocycles. The van der Waals surface area contributed by atoms with Gasteiger partial charge < -0.3 is 34.3 Å². The van der Waals surface area contributed by atoms with Crippen LogP contribution in [0.1, 0.15) is 61.1 Å². The molecule has 17 nitrogen and oxygen atoms in total. The molecule has 18 heteroatoms. The summed E-state index contributed by atoms with van der Waals surface area (Å²) in [5.41, 5.74) is 1.85. The van der Waals surface area contributed by atoms with Crippen molar-refractivity contribution in [2.24, 2.45) is 0 Å². The van der Waals surface area contributed by atoms with Crippen LogP contribution in [-0.4, -0.2) is 86.3 Å². The molecule has 3 rings (SSSR count). The fourth-order valence-corrected chi connectivity index (χ4v) is 6.58. The third-order valence-electron chi connectivity index (χ3n) is 6.78. The molecule has 0 unspecified atom stereocenters. The molecule has 248 valence electrons. The van der Waals surface area contributed by atoms with E-state index in [1.54, 1.807) is 27.7 Å². The minimum absolute atomic E-state index is 0.0355. The van der Waals surface area contributed by atoms with Gasteiger partial charge in [-0.05, 0) is 60.6 Å². The third kappa shape index (κ3) is 7.60. The van der Waals surface area contributed by atoms with Crippen molar-refractivity contribution in [2.45, 2.75) is 103 Å². The van der Waals surface area contributed by atoms with E-state index in [2.05, 4.69) is 20.3 Å². The number of carbonyl (C=O) groups is 3. The summed E-state index contributed by atoms with van der Waals surface area (Å²) in [5.74, 6) is -2.23. The Morgan fingerprint density at radius 3 is 2.18 bits per heavy atom. The summed E-state index contributed by atoms with van der Waals surface area (Å²) < 4.78 is 43.1. The first-order valence-corrected chi connectivity index (χ1v) is 15.8. The number of aromatic nitrogens is 3. The minimum atomic E-state index is -4.37. The summed E-state index contributed by atoms with van der Waals surface area (Å²) in [7, 11) is -4.37. The molecule has 0 aromatic carbocycles. The van der Waals surface area contributed by atoms with E-state index in [0.717, 1.165) is 13.3 Å². The number of nitrogen functional groups attached to an aromatic ring is 1. The number of nitriles is 1. The van der Waals surface area contributed by atoms with Crippen molar-refractivity contribution < 1.29 is 47.5 Å². The summed E-state index contributed by atoms with van der Waals surface area (Å²) in [6, 6.07) is 2.57. The van der Waals surface area contributed by atoms with Gasteiger partial charge in [0.25, 0.3) is 0 Å². The summed E-state index contributed by atoms with van der Waals surface area (Å²) >= 11 is 0. The van der Waals surface area contributed by atoms with Crippen LogP contribution in [0.4, 0.5) is 5.82 Å². The molecule has 0 spiro atoms. The van der Waals surface area contributed by atoms with Crippen LogP contribution in [0.25, 0.3) is 5.52 Å². The highest BCUT2D eigenvalue weighted by Crippen LogP contribution is 2.50. The Morgan fingerprint density at radius 1 is 1.13 bits per heavy atom. The van der Waals surface area contributed by atoms with Crippen molar-refractivity contribution in [3.05, 3.63) is 24.2 Å². The molecule has 6 atom stereocenters. The zero-order valence-corrected chi connectivity index (χ0v) is 27.2. The first kappa shape index (κ1) is 35.8. The standard InChI is InChI=1S/C27H40N7O10P/c1-14(2)41-24(36)16(5)32-45(39,33-17(6)25(37)42-15(3)4)40-11-20-22(43-18(7)35)26(8,38)27(12-28,44-20)21-10-9-19-23(29)30-13-31-34(19)21/h9-10,13-17,20,22,38H,11H2,1-8H3,(H2,29,30,31)(H2,32,33,39)/t16-,17-,20+,22+,26+,27-/m0/s1. The molecule has 0 amide bonds. The highest BCUT2D eigenvalue weighted by molar-refractivity contribution is 7.54. The van der Waals surface area contributed by atoms with E-state index in [0.29, 0.717) is 5.52 Å². The SMILES string of the molecule is CC(=O)O[C@@H]1[C@@H](COP(=O)(N[C@@H](C)C(=O)OC(C)C)N[C@@H](C)C(=O)OC(C)C)O[C@@](C#N)(c2ccc3c(N)ncnn23)[C@]1(C)O. The molecule has 1 fully saturated rings. The molecule has 0 radical (unpaired) electrons. The number of hydrogen-bond acceptors (Lipinski definition) is 14. The number of carbonyl (C=O) groups excluding carboxylic acids is 3. The quantitative estimate of drug-likeness (QED) is 0.134. The number of hydrogen-bond donors (Lipinski definition) is 4. The van der Waals surface area contributed by atoms with Crippen LogP contribution < -0.4 is 15.9 Å². The highest BCUT2D eigenvalue weighted by Gasteiger charge is 2.67. The molecule has 0 aliphatic carbocycles. The molecule has 45 heavy (non-hydrogen) atoms. The van der Waals surface area contributed by atoms with Gasteiger partial charge in [-0.15, -0.1) is 0 Å². The Hall–Kier alpha value is -3.65. The molecule has 2 aromatic rings. The normalized spacial score (nSPS) is 24.8. The highest BCUT2D eigenvalue weighted by atomic mass is 31.2. The zero-order valence-electron chi connectivity index (χ0n) is 26.3. The van der Waals surface area contributed by atoms with Crippen LogP contribution in [0.3, 0.4) is 0 Å². The van der Waals surface area contributed by atoms with Crippen molar-refractivity contribution in [3.8, 4) is 6.07 Å². The van der Waals surface area contributed by atoms with Crippen molar-refractivity contribution >= 4 is 36.9 Å². The van der Waals surface area contributed by atoms with Gasteiger partial charge in [-0.25, -0.2) is 19.7 Å². The third-order valence-corrected chi connectivity index (χ3v) is 8.75. The van der Waals surface area contributed by atoms with Crippen LogP contribution in [0.15, 0.2) is 18.5 Å². The lowest BCUT2D eigenvalue weighted by atomic mass is 9.80. The number of esters is 3. The number of nitrogens with one attached hydrogen (secondary N) is 2. The number of nitrogens with two attached hydrogens (primary N) is 1. The summed E-state index contributed by atoms with van der Waals surface area (Å²) in [6.45, 7) is 11.0. The molecule has 0 saturated carbocycles. The van der Waals surface area contributed by atoms with Gasteiger partial charge in [0, 0.05) is 6.92 Å². The average Bonchev–Trinajstić information content (AvgIpc) is 3.45. The fourth-order valence-electron chi connectivity index (χ4n) is 4.77. The van der Waals surface area contributed by atoms with Crippen LogP contribution >= 0.6 is 7.67 Å². The van der Waals surface area contributed by atoms with E-state index in [1.165, 1.54) is 37.4 Å². The van der Waals surface area contributed by atoms with Crippen LogP contribution in [0.5, 0.6) is 0 Å². The summed E-state index contributed by atoms with van der Waals surface area (Å²) in [4.78, 5) is 41.2. The molecular formula is C27H40N7O10P. The zero-order chi connectivity index (χ0) is 33.9. The molecule has 5 N–H and O–H groups in total. The topological polar surface area (TPSA) is 239 Å². The van der Waals surface area contributed by atoms with E-state index >= 15 is 0 Å². The minimum Gasteiger partial charge on any atom is -0.462 e. The van der Waals surface area contributed by atoms with E-state index in [-0.39, 0.29) is 11.5 Å². The number of anilines is 1. The van der Waals surface area contributed by atoms with Gasteiger partial charge in [0.15, 0.2) is 11.9 Å². The average molecular weight is 654 g/mol. The first-order chi connectivity index (χ1) is 20.9. The maximum Gasteiger partial charge on any atom is 0.342 e. The Bertz CT molecular complexity index is 1470. The smallest absolute Gasteiger partial charge is 0.342 e. The van der Waals surface area contributed by atoms with Gasteiger partial charge in [-0.3, -0.25) is 18.9 Å². The second-order valence-electron chi connectivity index (χ2n) is 11.3. The Kier molecular flexibility index (Phi) is 11.0. The van der Waals surface area contributed by atoms with E-state index in [4.69, 9.17) is 29.2 Å². The largest absolute Gasteiger partial charge is 0.462 e. The molecule has 1 aliphatic heterocycles. The fraction of sp³-hybridized carbons (Fsp3) is 0.630. The maximum absolute atomic E-state index is 14.1. The van der Waals surface area contributed by atoms with Crippen LogP contribution in [0, 0.1) is 11.3 Å². The number of aliphatic hydroxyl groups is 1. The van der Waals surface area contributed by atoms with Gasteiger partial charge in [0.2, 0.25) is 5.60 Å². The van der Waals surface area contributed by atoms with Crippen molar-refractivity contribution in [1.82, 2.24) is 24.8 Å². The number of fused-ring (bicyclic) bond motifs is 1. The summed E-state index contributed by atoms with van der Waals surface area (Å²) in [5, 5.41) is 31.5. The van der Waals surface area contributed by atoms with E-state index < -0.39 is 79.9 Å². The Labute approximate surface area is 260 Å². The number of nitrogens with zero attached hydrogens (tertiary/aromatic N) is 4. The second-order valence-corrected chi connectivity index (χ2v) is 13.2. The molecular weight excluding hydrogens is 613 g/mol. The lowest BCUT2D eigenvalue weighted by Crippen LogP contribution is -2.53. The lowest BCUT2D eigenvalue weighted by molar-refractivity contribution is -0.162. The predicted octanol–water partition coefficient (Wildman–Crippen LogP) is 1.10. The van der Waals surface area contributed by atoms with Crippen LogP contribution in [0.2, 0.25) is 0 Å². The van der Waals surface area contributed by atoms with Gasteiger partial charge in [-0.2, -0.15) is 10.4 Å². The number of ether oxygens (including phenoxy) is 4. The Balaban J connectivity index is 2.00. The van der Waals surface area contributed by atoms with Crippen molar-refractivity contribution in [3.63, 3.8) is 0 Å². The van der Waals surface area contributed by atoms with Crippen molar-refractivity contribution in [1.29, 1.82) is 5.26 Å².